The van der Waals surface area contributed by atoms with Crippen molar-refractivity contribution in [2.24, 2.45) is 4.99 Å². The van der Waals surface area contributed by atoms with Crippen molar-refractivity contribution in [2.75, 3.05) is 12.8 Å². The van der Waals surface area contributed by atoms with Crippen LogP contribution in [0.1, 0.15) is 12.6 Å². The fraction of sp³-hybridized carbons (Fsp3) is 0.211. The highest BCUT2D eigenvalue weighted by molar-refractivity contribution is 7.90. The summed E-state index contributed by atoms with van der Waals surface area (Å²) in [6.45, 7) is 2.57. The first-order valence-corrected chi connectivity index (χ1v) is 10.6. The Kier molecular flexibility index (Phi) is 4.71. The number of aromatic hydroxyl groups is 1. The van der Waals surface area contributed by atoms with E-state index in [1.807, 2.05) is 19.1 Å². The molecule has 3 heterocycles. The molecule has 0 spiro atoms. The van der Waals surface area contributed by atoms with Crippen LogP contribution in [-0.4, -0.2) is 53.3 Å². The quantitative estimate of drug-likeness (QED) is 0.657. The molecule has 0 unspecified atom stereocenters. The number of rotatable bonds is 5. The number of phenols is 1. The normalized spacial score (nSPS) is 16.3. The van der Waals surface area contributed by atoms with Crippen LogP contribution in [0.3, 0.4) is 0 Å². The molecule has 0 bridgehead atoms. The molecule has 2 N–H and O–H groups in total. The monoisotopic (exact) mass is 414 g/mol. The molecule has 150 valence electrons. The van der Waals surface area contributed by atoms with Crippen molar-refractivity contribution in [1.29, 1.82) is 0 Å². The van der Waals surface area contributed by atoms with Crippen molar-refractivity contribution in [3.8, 4) is 28.6 Å². The van der Waals surface area contributed by atoms with Gasteiger partial charge in [0.1, 0.15) is 23.3 Å². The molecule has 0 saturated heterocycles. The molecule has 3 aromatic rings. The van der Waals surface area contributed by atoms with Crippen LogP contribution in [0.5, 0.6) is 17.4 Å². The molecule has 2 aromatic heterocycles. The van der Waals surface area contributed by atoms with Crippen molar-refractivity contribution in [2.45, 2.75) is 18.1 Å². The van der Waals surface area contributed by atoms with Crippen LogP contribution in [-0.2, 0) is 14.6 Å². The summed E-state index contributed by atoms with van der Waals surface area (Å²) in [5.74, 6) is 0.975. The maximum absolute atomic E-state index is 11.5. The number of benzene rings is 1. The molecule has 1 aliphatic rings. The molecular weight excluding hydrogens is 396 g/mol. The second-order valence-corrected chi connectivity index (χ2v) is 8.61. The minimum atomic E-state index is -3.44. The zero-order chi connectivity index (χ0) is 20.6. The maximum Gasteiger partial charge on any atom is 0.237 e. The molecule has 29 heavy (non-hydrogen) atoms. The van der Waals surface area contributed by atoms with E-state index in [2.05, 4.69) is 19.9 Å². The molecule has 10 heteroatoms. The van der Waals surface area contributed by atoms with Crippen LogP contribution in [0.25, 0.3) is 11.3 Å². The lowest BCUT2D eigenvalue weighted by molar-refractivity contribution is 0.246. The van der Waals surface area contributed by atoms with E-state index in [9.17, 15) is 13.5 Å². The van der Waals surface area contributed by atoms with Gasteiger partial charge in [-0.3, -0.25) is 0 Å². The number of aliphatic imine (C=N–C) groups is 1. The Morgan fingerprint density at radius 3 is 2.62 bits per heavy atom. The van der Waals surface area contributed by atoms with E-state index in [0.29, 0.717) is 23.8 Å². The number of hydrogen-bond donors (Lipinski definition) is 2. The van der Waals surface area contributed by atoms with Crippen LogP contribution in [0, 0.1) is 0 Å². The van der Waals surface area contributed by atoms with E-state index >= 15 is 0 Å². The van der Waals surface area contributed by atoms with Gasteiger partial charge in [-0.25, -0.2) is 23.4 Å². The van der Waals surface area contributed by atoms with Crippen LogP contribution < -0.4 is 4.74 Å². The summed E-state index contributed by atoms with van der Waals surface area (Å²) in [4.78, 5) is 15.3. The highest BCUT2D eigenvalue weighted by atomic mass is 32.2. The number of H-pyrrole nitrogens is 1. The van der Waals surface area contributed by atoms with Gasteiger partial charge in [0.2, 0.25) is 11.8 Å². The number of nitrogens with zero attached hydrogens (tertiary/aromatic N) is 3. The first-order chi connectivity index (χ1) is 13.8. The van der Waals surface area contributed by atoms with Gasteiger partial charge in [-0.2, -0.15) is 0 Å². The number of aromatic amines is 1. The number of phenolic OH excluding ortho intramolecular Hbond substituents is 1. The minimum Gasteiger partial charge on any atom is -0.508 e. The SMILES string of the molecule is C[C@H]1CN=C(c2ccc(-c3cc(O)cc(Oc4cnc(S(C)(=O)=O)cn4)c3)[nH]2)O1. The zero-order valence-electron chi connectivity index (χ0n) is 15.7. The molecule has 9 nitrogen and oxygen atoms in total. The van der Waals surface area contributed by atoms with Crippen LogP contribution in [0.15, 0.2) is 52.7 Å². The average Bonchev–Trinajstić information content (AvgIpc) is 3.30. The van der Waals surface area contributed by atoms with Gasteiger partial charge in [-0.1, -0.05) is 0 Å². The van der Waals surface area contributed by atoms with Crippen LogP contribution in [0.4, 0.5) is 0 Å². The van der Waals surface area contributed by atoms with Crippen LogP contribution in [0.2, 0.25) is 0 Å². The molecule has 1 aromatic carbocycles. The van der Waals surface area contributed by atoms with E-state index in [0.717, 1.165) is 23.8 Å². The highest BCUT2D eigenvalue weighted by Gasteiger charge is 2.18. The predicted molar refractivity (Wildman–Crippen MR) is 105 cm³/mol. The molecule has 0 aliphatic carbocycles. The van der Waals surface area contributed by atoms with Crippen LogP contribution >= 0.6 is 0 Å². The Balaban J connectivity index is 1.58. The fourth-order valence-electron chi connectivity index (χ4n) is 2.78. The third kappa shape index (κ3) is 4.21. The van der Waals surface area contributed by atoms with Gasteiger partial charge in [0.15, 0.2) is 14.9 Å². The first-order valence-electron chi connectivity index (χ1n) is 8.73. The summed E-state index contributed by atoms with van der Waals surface area (Å²) in [6.07, 6.45) is 3.43. The van der Waals surface area contributed by atoms with E-state index in [-0.39, 0.29) is 22.8 Å². The van der Waals surface area contributed by atoms with Crippen molar-refractivity contribution >= 4 is 15.7 Å². The topological polar surface area (TPSA) is 127 Å². The number of nitrogens with one attached hydrogen (secondary N) is 1. The molecule has 0 radical (unpaired) electrons. The lowest BCUT2D eigenvalue weighted by atomic mass is 10.1. The molecule has 0 fully saturated rings. The van der Waals surface area contributed by atoms with E-state index in [1.54, 1.807) is 12.1 Å². The Morgan fingerprint density at radius 1 is 1.17 bits per heavy atom. The van der Waals surface area contributed by atoms with Gasteiger partial charge in [0.25, 0.3) is 0 Å². The summed E-state index contributed by atoms with van der Waals surface area (Å²) in [5, 5.41) is 9.93. The molecule has 0 amide bonds. The average molecular weight is 414 g/mol. The highest BCUT2D eigenvalue weighted by Crippen LogP contribution is 2.31. The number of sulfone groups is 1. The minimum absolute atomic E-state index is 0.00237. The number of aromatic nitrogens is 3. The Hall–Kier alpha value is -3.40. The predicted octanol–water partition coefficient (Wildman–Crippen LogP) is 2.54. The maximum atomic E-state index is 11.5. The Morgan fingerprint density at radius 2 is 1.97 bits per heavy atom. The van der Waals surface area contributed by atoms with Crippen molar-refractivity contribution in [3.05, 3.63) is 48.4 Å². The first kappa shape index (κ1) is 18.9. The zero-order valence-corrected chi connectivity index (χ0v) is 16.5. The van der Waals surface area contributed by atoms with Gasteiger partial charge >= 0.3 is 0 Å². The molecule has 1 aliphatic heterocycles. The molecule has 4 rings (SSSR count). The second-order valence-electron chi connectivity index (χ2n) is 6.64. The van der Waals surface area contributed by atoms with Gasteiger partial charge in [-0.15, -0.1) is 0 Å². The van der Waals surface area contributed by atoms with E-state index in [4.69, 9.17) is 9.47 Å². The Labute approximate surface area is 167 Å². The van der Waals surface area contributed by atoms with Crippen molar-refractivity contribution in [1.82, 2.24) is 15.0 Å². The van der Waals surface area contributed by atoms with Gasteiger partial charge < -0.3 is 19.6 Å². The smallest absolute Gasteiger partial charge is 0.237 e. The lowest BCUT2D eigenvalue weighted by Gasteiger charge is -2.08. The van der Waals surface area contributed by atoms with Gasteiger partial charge in [0, 0.05) is 23.6 Å². The van der Waals surface area contributed by atoms with E-state index in [1.165, 1.54) is 12.3 Å². The van der Waals surface area contributed by atoms with Crippen molar-refractivity contribution in [3.63, 3.8) is 0 Å². The summed E-state index contributed by atoms with van der Waals surface area (Å²) in [7, 11) is -3.44. The molecular formula is C19H18N4O5S. The molecule has 0 saturated carbocycles. The van der Waals surface area contributed by atoms with Gasteiger partial charge in [0.05, 0.1) is 18.9 Å². The fourth-order valence-corrected chi connectivity index (χ4v) is 3.27. The lowest BCUT2D eigenvalue weighted by Crippen LogP contribution is -2.08. The Bertz CT molecular complexity index is 1190. The number of hydrogen-bond acceptors (Lipinski definition) is 8. The third-order valence-corrected chi connectivity index (χ3v) is 5.10. The van der Waals surface area contributed by atoms with E-state index < -0.39 is 9.84 Å². The summed E-state index contributed by atoms with van der Waals surface area (Å²) in [6, 6.07) is 8.42. The second kappa shape index (κ2) is 7.21. The third-order valence-electron chi connectivity index (χ3n) is 4.13. The largest absolute Gasteiger partial charge is 0.508 e. The summed E-state index contributed by atoms with van der Waals surface area (Å²) >= 11 is 0. The molecule has 1 atom stereocenters. The number of ether oxygens (including phenoxy) is 2. The standard InChI is InChI=1S/C19H18N4O5S/c1-11-8-22-19(27-11)16-4-3-15(23-16)12-5-13(24)7-14(6-12)28-17-9-21-18(10-20-17)29(2,25)26/h3-7,9-11,23-24H,8H2,1-2H3/t11-/m0/s1. The van der Waals surface area contributed by atoms with Gasteiger partial charge in [-0.05, 0) is 31.2 Å². The summed E-state index contributed by atoms with van der Waals surface area (Å²) in [5.41, 5.74) is 2.17. The van der Waals surface area contributed by atoms with Crippen molar-refractivity contribution < 1.29 is 23.0 Å². The summed E-state index contributed by atoms with van der Waals surface area (Å²) < 4.78 is 34.2.